The van der Waals surface area contributed by atoms with Gasteiger partial charge in [0, 0.05) is 12.1 Å². The Labute approximate surface area is 81.5 Å². The molecule has 2 N–H and O–H groups in total. The first-order valence-corrected chi connectivity index (χ1v) is 5.86. The first kappa shape index (κ1) is 9.47. The van der Waals surface area contributed by atoms with E-state index >= 15 is 0 Å². The van der Waals surface area contributed by atoms with Gasteiger partial charge in [0.1, 0.15) is 0 Å². The van der Waals surface area contributed by atoms with Crippen molar-refractivity contribution >= 4 is 0 Å². The molecule has 1 heterocycles. The van der Waals surface area contributed by atoms with Crippen LogP contribution in [0.1, 0.15) is 44.9 Å². The quantitative estimate of drug-likeness (QED) is 0.669. The van der Waals surface area contributed by atoms with Crippen LogP contribution in [-0.2, 0) is 0 Å². The van der Waals surface area contributed by atoms with Crippen LogP contribution in [0.5, 0.6) is 0 Å². The standard InChI is InChI=1S/C11H22N2/c12-10-4-6-11(7-5-10)13-8-2-1-3-9-13/h10-11H,1-9,12H2/t10-,11+. The van der Waals surface area contributed by atoms with E-state index in [9.17, 15) is 0 Å². The summed E-state index contributed by atoms with van der Waals surface area (Å²) in [6.07, 6.45) is 9.48. The maximum Gasteiger partial charge on any atom is 0.00964 e. The van der Waals surface area contributed by atoms with Crippen LogP contribution in [0.3, 0.4) is 0 Å². The minimum Gasteiger partial charge on any atom is -0.328 e. The molecule has 0 amide bonds. The summed E-state index contributed by atoms with van der Waals surface area (Å²) in [6.45, 7) is 2.69. The molecule has 2 aliphatic rings. The van der Waals surface area contributed by atoms with Crippen LogP contribution in [0, 0.1) is 0 Å². The van der Waals surface area contributed by atoms with E-state index in [-0.39, 0.29) is 0 Å². The zero-order valence-electron chi connectivity index (χ0n) is 8.54. The third-order valence-electron chi connectivity index (χ3n) is 3.65. The van der Waals surface area contributed by atoms with E-state index in [1.807, 2.05) is 0 Å². The van der Waals surface area contributed by atoms with E-state index in [1.54, 1.807) is 0 Å². The van der Waals surface area contributed by atoms with Crippen molar-refractivity contribution in [2.24, 2.45) is 5.73 Å². The molecule has 0 bridgehead atoms. The van der Waals surface area contributed by atoms with Gasteiger partial charge in [0.05, 0.1) is 0 Å². The lowest BCUT2D eigenvalue weighted by Crippen LogP contribution is -2.43. The molecule has 1 aliphatic carbocycles. The van der Waals surface area contributed by atoms with Crippen molar-refractivity contribution in [1.82, 2.24) is 4.90 Å². The largest absolute Gasteiger partial charge is 0.328 e. The van der Waals surface area contributed by atoms with Gasteiger partial charge in [-0.3, -0.25) is 0 Å². The molecule has 1 aliphatic heterocycles. The predicted molar refractivity (Wildman–Crippen MR) is 55.7 cm³/mol. The molecule has 1 saturated carbocycles. The molecule has 0 aromatic carbocycles. The van der Waals surface area contributed by atoms with E-state index < -0.39 is 0 Å². The van der Waals surface area contributed by atoms with Crippen LogP contribution in [0.15, 0.2) is 0 Å². The van der Waals surface area contributed by atoms with Gasteiger partial charge in [-0.15, -0.1) is 0 Å². The van der Waals surface area contributed by atoms with Gasteiger partial charge < -0.3 is 10.6 Å². The van der Waals surface area contributed by atoms with E-state index in [1.165, 1.54) is 58.0 Å². The number of hydrogen-bond donors (Lipinski definition) is 1. The molecule has 76 valence electrons. The second-order valence-electron chi connectivity index (χ2n) is 4.67. The van der Waals surface area contributed by atoms with Crippen molar-refractivity contribution in [2.75, 3.05) is 13.1 Å². The molecule has 2 nitrogen and oxygen atoms in total. The van der Waals surface area contributed by atoms with Crippen molar-refractivity contribution < 1.29 is 0 Å². The number of nitrogens with zero attached hydrogens (tertiary/aromatic N) is 1. The Hall–Kier alpha value is -0.0800. The Balaban J connectivity index is 1.79. The third kappa shape index (κ3) is 2.44. The Bertz CT molecular complexity index is 144. The fourth-order valence-corrected chi connectivity index (χ4v) is 2.75. The van der Waals surface area contributed by atoms with Gasteiger partial charge in [0.15, 0.2) is 0 Å². The molecule has 2 fully saturated rings. The summed E-state index contributed by atoms with van der Waals surface area (Å²) in [4.78, 5) is 2.70. The van der Waals surface area contributed by atoms with Crippen molar-refractivity contribution in [3.63, 3.8) is 0 Å². The summed E-state index contributed by atoms with van der Waals surface area (Å²) >= 11 is 0. The minimum atomic E-state index is 0.501. The van der Waals surface area contributed by atoms with E-state index in [2.05, 4.69) is 4.90 Å². The van der Waals surface area contributed by atoms with Gasteiger partial charge in [-0.1, -0.05) is 6.42 Å². The number of hydrogen-bond acceptors (Lipinski definition) is 2. The molecule has 0 atom stereocenters. The highest BCUT2D eigenvalue weighted by molar-refractivity contribution is 4.82. The first-order valence-electron chi connectivity index (χ1n) is 5.86. The second kappa shape index (κ2) is 4.43. The van der Waals surface area contributed by atoms with Gasteiger partial charge in [-0.2, -0.15) is 0 Å². The molecule has 1 saturated heterocycles. The molecule has 2 heteroatoms. The molecule has 0 aromatic rings. The van der Waals surface area contributed by atoms with Gasteiger partial charge in [-0.25, -0.2) is 0 Å². The van der Waals surface area contributed by atoms with Crippen LogP contribution in [0.2, 0.25) is 0 Å². The highest BCUT2D eigenvalue weighted by atomic mass is 15.2. The average molecular weight is 182 g/mol. The molecule has 13 heavy (non-hydrogen) atoms. The zero-order valence-corrected chi connectivity index (χ0v) is 8.54. The summed E-state index contributed by atoms with van der Waals surface area (Å²) in [5.41, 5.74) is 5.91. The van der Waals surface area contributed by atoms with Crippen LogP contribution in [0.25, 0.3) is 0 Å². The number of piperidine rings is 1. The van der Waals surface area contributed by atoms with Gasteiger partial charge >= 0.3 is 0 Å². The molecule has 0 radical (unpaired) electrons. The molecule has 2 rings (SSSR count). The summed E-state index contributed by atoms with van der Waals surface area (Å²) < 4.78 is 0. The van der Waals surface area contributed by atoms with Crippen molar-refractivity contribution in [1.29, 1.82) is 0 Å². The molecule has 0 spiro atoms. The van der Waals surface area contributed by atoms with E-state index in [0.29, 0.717) is 6.04 Å². The zero-order chi connectivity index (χ0) is 9.10. The molecule has 0 unspecified atom stereocenters. The SMILES string of the molecule is N[C@H]1CC[C@@H](N2CCCCC2)CC1. The minimum absolute atomic E-state index is 0.501. The lowest BCUT2D eigenvalue weighted by Gasteiger charge is -2.38. The Morgan fingerprint density at radius 2 is 1.46 bits per heavy atom. The van der Waals surface area contributed by atoms with Gasteiger partial charge in [-0.05, 0) is 51.6 Å². The highest BCUT2D eigenvalue weighted by Crippen LogP contribution is 2.24. The average Bonchev–Trinajstić information content (AvgIpc) is 2.20. The number of nitrogens with two attached hydrogens (primary N) is 1. The normalized spacial score (nSPS) is 37.6. The van der Waals surface area contributed by atoms with Crippen LogP contribution in [0.4, 0.5) is 0 Å². The second-order valence-corrected chi connectivity index (χ2v) is 4.67. The Kier molecular flexibility index (Phi) is 3.23. The third-order valence-corrected chi connectivity index (χ3v) is 3.65. The maximum atomic E-state index is 5.91. The summed E-state index contributed by atoms with van der Waals surface area (Å²) in [6, 6.07) is 1.38. The van der Waals surface area contributed by atoms with E-state index in [4.69, 9.17) is 5.73 Å². The fourth-order valence-electron chi connectivity index (χ4n) is 2.75. The van der Waals surface area contributed by atoms with Gasteiger partial charge in [0.25, 0.3) is 0 Å². The summed E-state index contributed by atoms with van der Waals surface area (Å²) in [5.74, 6) is 0. The monoisotopic (exact) mass is 182 g/mol. The van der Waals surface area contributed by atoms with Crippen LogP contribution in [-0.4, -0.2) is 30.1 Å². The lowest BCUT2D eigenvalue weighted by atomic mass is 9.90. The fraction of sp³-hybridized carbons (Fsp3) is 1.00. The summed E-state index contributed by atoms with van der Waals surface area (Å²) in [5, 5.41) is 0. The van der Waals surface area contributed by atoms with Crippen molar-refractivity contribution in [3.8, 4) is 0 Å². The topological polar surface area (TPSA) is 29.3 Å². The summed E-state index contributed by atoms with van der Waals surface area (Å²) in [7, 11) is 0. The Morgan fingerprint density at radius 1 is 0.846 bits per heavy atom. The predicted octanol–water partition coefficient (Wildman–Crippen LogP) is 1.74. The highest BCUT2D eigenvalue weighted by Gasteiger charge is 2.24. The smallest absolute Gasteiger partial charge is 0.00964 e. The molecular formula is C11H22N2. The molecule has 0 aromatic heterocycles. The van der Waals surface area contributed by atoms with Crippen molar-refractivity contribution in [2.45, 2.75) is 57.0 Å². The van der Waals surface area contributed by atoms with Crippen molar-refractivity contribution in [3.05, 3.63) is 0 Å². The van der Waals surface area contributed by atoms with Crippen LogP contribution < -0.4 is 5.73 Å². The maximum absolute atomic E-state index is 5.91. The van der Waals surface area contributed by atoms with E-state index in [0.717, 1.165) is 6.04 Å². The number of likely N-dealkylation sites (tertiary alicyclic amines) is 1. The first-order chi connectivity index (χ1) is 6.36. The number of rotatable bonds is 1. The van der Waals surface area contributed by atoms with Gasteiger partial charge in [0.2, 0.25) is 0 Å². The Morgan fingerprint density at radius 3 is 2.08 bits per heavy atom. The van der Waals surface area contributed by atoms with Crippen LogP contribution >= 0.6 is 0 Å². The lowest BCUT2D eigenvalue weighted by molar-refractivity contribution is 0.125. The molecular weight excluding hydrogens is 160 g/mol.